The molecular formula is C19H18O5. The summed E-state index contributed by atoms with van der Waals surface area (Å²) in [5.74, 6) is 2.19. The van der Waals surface area contributed by atoms with Gasteiger partial charge in [0, 0.05) is 16.5 Å². The van der Waals surface area contributed by atoms with Crippen LogP contribution in [0, 0.1) is 6.92 Å². The van der Waals surface area contributed by atoms with Crippen molar-refractivity contribution in [2.45, 2.75) is 26.1 Å². The minimum absolute atomic E-state index is 0.235. The molecule has 4 rings (SSSR count). The lowest BCUT2D eigenvalue weighted by Crippen LogP contribution is -2.13. The van der Waals surface area contributed by atoms with Crippen LogP contribution >= 0.6 is 0 Å². The molecule has 0 amide bonds. The average Bonchev–Trinajstić information content (AvgIpc) is 3.17. The van der Waals surface area contributed by atoms with Crippen molar-refractivity contribution in [1.82, 2.24) is 0 Å². The molecule has 0 aliphatic carbocycles. The monoisotopic (exact) mass is 326 g/mol. The second-order valence-electron chi connectivity index (χ2n) is 6.07. The largest absolute Gasteiger partial charge is 0.456 e. The molecule has 5 heteroatoms. The predicted octanol–water partition coefficient (Wildman–Crippen LogP) is 3.55. The molecule has 2 heterocycles. The lowest BCUT2D eigenvalue weighted by atomic mass is 10.0. The summed E-state index contributed by atoms with van der Waals surface area (Å²) in [5.41, 5.74) is 3.29. The van der Waals surface area contributed by atoms with Crippen molar-refractivity contribution in [1.29, 1.82) is 0 Å². The van der Waals surface area contributed by atoms with Crippen LogP contribution < -0.4 is 9.47 Å². The molecule has 2 N–H and O–H groups in total. The maximum atomic E-state index is 10.1. The molecule has 124 valence electrons. The molecule has 24 heavy (non-hydrogen) atoms. The maximum Gasteiger partial charge on any atom is 0.231 e. The predicted molar refractivity (Wildman–Crippen MR) is 89.2 cm³/mol. The van der Waals surface area contributed by atoms with Gasteiger partial charge >= 0.3 is 0 Å². The van der Waals surface area contributed by atoms with Crippen LogP contribution in [0.1, 0.15) is 24.2 Å². The molecular weight excluding hydrogens is 308 g/mol. The Kier molecular flexibility index (Phi) is 3.48. The van der Waals surface area contributed by atoms with E-state index >= 15 is 0 Å². The van der Waals surface area contributed by atoms with Crippen molar-refractivity contribution in [3.63, 3.8) is 0 Å². The Morgan fingerprint density at radius 2 is 1.79 bits per heavy atom. The van der Waals surface area contributed by atoms with Crippen LogP contribution in [0.2, 0.25) is 0 Å². The van der Waals surface area contributed by atoms with E-state index in [1.807, 2.05) is 37.3 Å². The van der Waals surface area contributed by atoms with Gasteiger partial charge in [0.2, 0.25) is 6.79 Å². The number of hydrogen-bond donors (Lipinski definition) is 2. The van der Waals surface area contributed by atoms with E-state index in [2.05, 4.69) is 0 Å². The van der Waals surface area contributed by atoms with Crippen LogP contribution in [-0.4, -0.2) is 23.1 Å². The van der Waals surface area contributed by atoms with Crippen molar-refractivity contribution in [3.8, 4) is 22.8 Å². The first-order chi connectivity index (χ1) is 11.5. The number of fused-ring (bicyclic) bond motifs is 2. The maximum absolute atomic E-state index is 10.1. The molecule has 0 unspecified atom stereocenters. The Labute approximate surface area is 139 Å². The number of aliphatic hydroxyl groups excluding tert-OH is 2. The fourth-order valence-corrected chi connectivity index (χ4v) is 3.01. The van der Waals surface area contributed by atoms with E-state index in [-0.39, 0.29) is 6.79 Å². The summed E-state index contributed by atoms with van der Waals surface area (Å²) < 4.78 is 16.8. The molecule has 0 saturated heterocycles. The highest BCUT2D eigenvalue weighted by atomic mass is 16.7. The lowest BCUT2D eigenvalue weighted by molar-refractivity contribution is 0.0306. The van der Waals surface area contributed by atoms with Gasteiger partial charge in [-0.2, -0.15) is 0 Å². The molecule has 0 radical (unpaired) electrons. The first-order valence-corrected chi connectivity index (χ1v) is 7.84. The molecule has 2 aromatic carbocycles. The van der Waals surface area contributed by atoms with Crippen molar-refractivity contribution < 1.29 is 24.1 Å². The number of rotatable bonds is 3. The molecule has 0 fully saturated rings. The molecule has 1 aromatic heterocycles. The van der Waals surface area contributed by atoms with Crippen molar-refractivity contribution >= 4 is 11.0 Å². The minimum Gasteiger partial charge on any atom is -0.456 e. The SMILES string of the molecule is Cc1c(-c2ccc3c(c2)OCO3)oc2ccc([C@@H](O)[C@H](C)O)cc12. The van der Waals surface area contributed by atoms with E-state index < -0.39 is 12.2 Å². The summed E-state index contributed by atoms with van der Waals surface area (Å²) in [6.45, 7) is 3.78. The molecule has 3 aromatic rings. The summed E-state index contributed by atoms with van der Waals surface area (Å²) in [4.78, 5) is 0. The third-order valence-corrected chi connectivity index (χ3v) is 4.39. The van der Waals surface area contributed by atoms with Gasteiger partial charge in [-0.15, -0.1) is 0 Å². The Bertz CT molecular complexity index is 910. The van der Waals surface area contributed by atoms with Gasteiger partial charge in [-0.25, -0.2) is 0 Å². The Balaban J connectivity index is 1.81. The highest BCUT2D eigenvalue weighted by Gasteiger charge is 2.20. The van der Waals surface area contributed by atoms with Crippen LogP contribution in [0.25, 0.3) is 22.3 Å². The van der Waals surface area contributed by atoms with Gasteiger partial charge in [0.15, 0.2) is 11.5 Å². The number of hydrogen-bond acceptors (Lipinski definition) is 5. The number of furan rings is 1. The summed E-state index contributed by atoms with van der Waals surface area (Å²) in [6, 6.07) is 11.2. The van der Waals surface area contributed by atoms with Crippen molar-refractivity contribution in [2.75, 3.05) is 6.79 Å². The Hall–Kier alpha value is -2.50. The van der Waals surface area contributed by atoms with Gasteiger partial charge in [-0.05, 0) is 49.7 Å². The summed E-state index contributed by atoms with van der Waals surface area (Å²) >= 11 is 0. The third-order valence-electron chi connectivity index (χ3n) is 4.39. The van der Waals surface area contributed by atoms with Gasteiger partial charge in [0.05, 0.1) is 6.10 Å². The molecule has 5 nitrogen and oxygen atoms in total. The number of aryl methyl sites for hydroxylation is 1. The normalized spacial score (nSPS) is 15.7. The van der Waals surface area contributed by atoms with E-state index in [0.29, 0.717) is 11.3 Å². The zero-order valence-electron chi connectivity index (χ0n) is 13.4. The van der Waals surface area contributed by atoms with E-state index in [9.17, 15) is 10.2 Å². The van der Waals surface area contributed by atoms with E-state index in [0.717, 1.165) is 33.6 Å². The topological polar surface area (TPSA) is 72.1 Å². The van der Waals surface area contributed by atoms with Crippen LogP contribution in [-0.2, 0) is 0 Å². The number of aliphatic hydroxyl groups is 2. The Morgan fingerprint density at radius 3 is 2.58 bits per heavy atom. The summed E-state index contributed by atoms with van der Waals surface area (Å²) in [7, 11) is 0. The fraction of sp³-hybridized carbons (Fsp3) is 0.263. The quantitative estimate of drug-likeness (QED) is 0.770. The first-order valence-electron chi connectivity index (χ1n) is 7.84. The van der Waals surface area contributed by atoms with Crippen molar-refractivity contribution in [2.24, 2.45) is 0 Å². The highest BCUT2D eigenvalue weighted by Crippen LogP contribution is 2.40. The first kappa shape index (κ1) is 15.1. The lowest BCUT2D eigenvalue weighted by Gasteiger charge is -2.13. The standard InChI is InChI=1S/C19H18O5/c1-10-14-7-12(18(21)11(2)20)3-5-15(14)24-19(10)13-4-6-16-17(8-13)23-9-22-16/h3-8,11,18,20-21H,9H2,1-2H3/t11-,18-/m0/s1. The van der Waals surface area contributed by atoms with Gasteiger partial charge in [-0.1, -0.05) is 6.07 Å². The molecule has 1 aliphatic heterocycles. The third kappa shape index (κ3) is 2.33. The van der Waals surface area contributed by atoms with Crippen LogP contribution in [0.15, 0.2) is 40.8 Å². The molecule has 1 aliphatic rings. The van der Waals surface area contributed by atoms with E-state index in [1.54, 1.807) is 13.0 Å². The van der Waals surface area contributed by atoms with Crippen LogP contribution in [0.3, 0.4) is 0 Å². The number of benzene rings is 2. The zero-order chi connectivity index (χ0) is 16.8. The van der Waals surface area contributed by atoms with Crippen LogP contribution in [0.5, 0.6) is 11.5 Å². The smallest absolute Gasteiger partial charge is 0.231 e. The zero-order valence-corrected chi connectivity index (χ0v) is 13.4. The van der Waals surface area contributed by atoms with E-state index in [1.165, 1.54) is 0 Å². The molecule has 0 spiro atoms. The van der Waals surface area contributed by atoms with E-state index in [4.69, 9.17) is 13.9 Å². The van der Waals surface area contributed by atoms with Crippen molar-refractivity contribution in [3.05, 3.63) is 47.5 Å². The minimum atomic E-state index is -0.919. The summed E-state index contributed by atoms with van der Waals surface area (Å²) in [6.07, 6.45) is -1.75. The second-order valence-corrected chi connectivity index (χ2v) is 6.07. The fourth-order valence-electron chi connectivity index (χ4n) is 3.01. The Morgan fingerprint density at radius 1 is 1.00 bits per heavy atom. The molecule has 0 bridgehead atoms. The average molecular weight is 326 g/mol. The van der Waals surface area contributed by atoms with Gasteiger partial charge in [0.25, 0.3) is 0 Å². The van der Waals surface area contributed by atoms with Gasteiger partial charge in [0.1, 0.15) is 17.4 Å². The summed E-state index contributed by atoms with van der Waals surface area (Å²) in [5, 5.41) is 20.6. The van der Waals surface area contributed by atoms with Crippen LogP contribution in [0.4, 0.5) is 0 Å². The van der Waals surface area contributed by atoms with Gasteiger partial charge < -0.3 is 24.1 Å². The highest BCUT2D eigenvalue weighted by molar-refractivity contribution is 5.88. The van der Waals surface area contributed by atoms with Gasteiger partial charge in [-0.3, -0.25) is 0 Å². The molecule has 2 atom stereocenters. The molecule has 0 saturated carbocycles. The number of ether oxygens (including phenoxy) is 2. The second kappa shape index (κ2) is 5.54.